The van der Waals surface area contributed by atoms with E-state index in [-0.39, 0.29) is 30.2 Å². The molecule has 2 rings (SSSR count). The van der Waals surface area contributed by atoms with Crippen molar-refractivity contribution in [2.45, 2.75) is 31.2 Å². The summed E-state index contributed by atoms with van der Waals surface area (Å²) >= 11 is 4.93. The molecule has 150 valence electrons. The van der Waals surface area contributed by atoms with Crippen LogP contribution >= 0.6 is 27.7 Å². The second kappa shape index (κ2) is 11.2. The molecule has 2 aromatic rings. The van der Waals surface area contributed by atoms with Crippen molar-refractivity contribution >= 4 is 45.2 Å². The lowest BCUT2D eigenvalue weighted by Crippen LogP contribution is -2.36. The number of benzene rings is 2. The Morgan fingerprint density at radius 1 is 1.18 bits per heavy atom. The number of halogens is 1. The van der Waals surface area contributed by atoms with Gasteiger partial charge < -0.3 is 11.1 Å². The summed E-state index contributed by atoms with van der Waals surface area (Å²) < 4.78 is 1.04. The first-order valence-electron chi connectivity index (χ1n) is 9.20. The standard InChI is InChI=1S/C21H26BrN3O2S/c1-3-12-25(15(2)16-8-4-5-9-17(16)22)13-21(27)24-18-10-6-7-11-19(18)28-14-20(23)26/h4-11,15H,3,12-14H2,1-2H3,(H2,23,26)(H,24,27). The first kappa shape index (κ1) is 22.5. The van der Waals surface area contributed by atoms with Crippen molar-refractivity contribution in [2.75, 3.05) is 24.2 Å². The molecule has 0 fully saturated rings. The average Bonchev–Trinajstić information content (AvgIpc) is 2.66. The van der Waals surface area contributed by atoms with Gasteiger partial charge in [0, 0.05) is 15.4 Å². The van der Waals surface area contributed by atoms with Crippen LogP contribution in [0.4, 0.5) is 5.69 Å². The molecule has 7 heteroatoms. The fourth-order valence-corrected chi connectivity index (χ4v) is 4.29. The molecule has 0 saturated heterocycles. The molecule has 2 aromatic carbocycles. The third-order valence-corrected chi connectivity index (χ3v) is 6.11. The van der Waals surface area contributed by atoms with E-state index in [1.54, 1.807) is 0 Å². The smallest absolute Gasteiger partial charge is 0.238 e. The Morgan fingerprint density at radius 3 is 2.54 bits per heavy atom. The number of thioether (sulfide) groups is 1. The van der Waals surface area contributed by atoms with Gasteiger partial charge in [-0.3, -0.25) is 14.5 Å². The maximum atomic E-state index is 12.7. The van der Waals surface area contributed by atoms with E-state index in [0.717, 1.165) is 27.9 Å². The largest absolute Gasteiger partial charge is 0.369 e. The summed E-state index contributed by atoms with van der Waals surface area (Å²) in [5, 5.41) is 2.98. The van der Waals surface area contributed by atoms with E-state index in [1.807, 2.05) is 42.5 Å². The molecule has 0 aliphatic carbocycles. The van der Waals surface area contributed by atoms with E-state index >= 15 is 0 Å². The van der Waals surface area contributed by atoms with Gasteiger partial charge in [-0.1, -0.05) is 53.2 Å². The fourth-order valence-electron chi connectivity index (χ4n) is 2.93. The predicted molar refractivity (Wildman–Crippen MR) is 119 cm³/mol. The molecule has 0 radical (unpaired) electrons. The first-order valence-corrected chi connectivity index (χ1v) is 11.0. The van der Waals surface area contributed by atoms with E-state index in [1.165, 1.54) is 11.8 Å². The Balaban J connectivity index is 2.09. The molecule has 0 aromatic heterocycles. The van der Waals surface area contributed by atoms with Crippen molar-refractivity contribution in [1.82, 2.24) is 4.90 Å². The third-order valence-electron chi connectivity index (χ3n) is 4.29. The zero-order valence-corrected chi connectivity index (χ0v) is 18.6. The van der Waals surface area contributed by atoms with Gasteiger partial charge in [0.15, 0.2) is 0 Å². The Kier molecular flexibility index (Phi) is 9.02. The molecule has 0 saturated carbocycles. The van der Waals surface area contributed by atoms with E-state index in [0.29, 0.717) is 5.69 Å². The molecule has 0 spiro atoms. The SMILES string of the molecule is CCCN(CC(=O)Nc1ccccc1SCC(N)=O)C(C)c1ccccc1Br. The molecule has 1 unspecified atom stereocenters. The summed E-state index contributed by atoms with van der Waals surface area (Å²) in [6, 6.07) is 15.6. The van der Waals surface area contributed by atoms with Gasteiger partial charge >= 0.3 is 0 Å². The zero-order valence-electron chi connectivity index (χ0n) is 16.2. The Hall–Kier alpha value is -1.83. The van der Waals surface area contributed by atoms with E-state index in [9.17, 15) is 9.59 Å². The van der Waals surface area contributed by atoms with Gasteiger partial charge in [-0.15, -0.1) is 11.8 Å². The van der Waals surface area contributed by atoms with Gasteiger partial charge in [-0.25, -0.2) is 0 Å². The average molecular weight is 464 g/mol. The van der Waals surface area contributed by atoms with Crippen molar-refractivity contribution in [3.8, 4) is 0 Å². The van der Waals surface area contributed by atoms with Crippen LogP contribution in [-0.2, 0) is 9.59 Å². The van der Waals surface area contributed by atoms with Crippen molar-refractivity contribution in [1.29, 1.82) is 0 Å². The number of hydrogen-bond acceptors (Lipinski definition) is 4. The fraction of sp³-hybridized carbons (Fsp3) is 0.333. The highest BCUT2D eigenvalue weighted by molar-refractivity contribution is 9.10. The van der Waals surface area contributed by atoms with Crippen LogP contribution in [-0.4, -0.2) is 35.6 Å². The van der Waals surface area contributed by atoms with Gasteiger partial charge in [-0.05, 0) is 43.7 Å². The highest BCUT2D eigenvalue weighted by atomic mass is 79.9. The van der Waals surface area contributed by atoms with Gasteiger partial charge in [0.25, 0.3) is 0 Å². The zero-order chi connectivity index (χ0) is 20.5. The molecular formula is C21H26BrN3O2S. The number of carbonyl (C=O) groups excluding carboxylic acids is 2. The summed E-state index contributed by atoms with van der Waals surface area (Å²) in [4.78, 5) is 26.8. The minimum atomic E-state index is -0.387. The van der Waals surface area contributed by atoms with Gasteiger partial charge in [0.2, 0.25) is 11.8 Å². The Labute approximate surface area is 179 Å². The molecule has 0 aliphatic rings. The summed E-state index contributed by atoms with van der Waals surface area (Å²) in [5.41, 5.74) is 7.09. The van der Waals surface area contributed by atoms with E-state index in [2.05, 4.69) is 46.1 Å². The van der Waals surface area contributed by atoms with Crippen molar-refractivity contribution in [2.24, 2.45) is 5.73 Å². The van der Waals surface area contributed by atoms with Gasteiger partial charge in [-0.2, -0.15) is 0 Å². The first-order chi connectivity index (χ1) is 13.4. The van der Waals surface area contributed by atoms with Crippen LogP contribution < -0.4 is 11.1 Å². The molecule has 5 nitrogen and oxygen atoms in total. The summed E-state index contributed by atoms with van der Waals surface area (Å²) in [6.07, 6.45) is 0.952. The molecule has 3 N–H and O–H groups in total. The molecule has 0 bridgehead atoms. The van der Waals surface area contributed by atoms with Crippen molar-refractivity contribution < 1.29 is 9.59 Å². The Morgan fingerprint density at radius 2 is 1.86 bits per heavy atom. The molecule has 0 heterocycles. The minimum Gasteiger partial charge on any atom is -0.369 e. The van der Waals surface area contributed by atoms with Crippen LogP contribution in [0.3, 0.4) is 0 Å². The monoisotopic (exact) mass is 463 g/mol. The number of para-hydroxylation sites is 1. The second-order valence-electron chi connectivity index (χ2n) is 6.47. The van der Waals surface area contributed by atoms with Crippen LogP contribution in [0.25, 0.3) is 0 Å². The van der Waals surface area contributed by atoms with Crippen LogP contribution in [0.15, 0.2) is 57.9 Å². The molecule has 1 atom stereocenters. The highest BCUT2D eigenvalue weighted by Gasteiger charge is 2.20. The number of rotatable bonds is 10. The summed E-state index contributed by atoms with van der Waals surface area (Å²) in [7, 11) is 0. The summed E-state index contributed by atoms with van der Waals surface area (Å²) in [5.74, 6) is -0.296. The molecule has 2 amide bonds. The van der Waals surface area contributed by atoms with Crippen LogP contribution in [0.1, 0.15) is 31.9 Å². The maximum absolute atomic E-state index is 12.7. The van der Waals surface area contributed by atoms with Crippen molar-refractivity contribution in [3.63, 3.8) is 0 Å². The maximum Gasteiger partial charge on any atom is 0.238 e. The quantitative estimate of drug-likeness (QED) is 0.510. The van der Waals surface area contributed by atoms with Crippen molar-refractivity contribution in [3.05, 3.63) is 58.6 Å². The number of primary amides is 1. The number of nitrogens with one attached hydrogen (secondary N) is 1. The number of anilines is 1. The number of nitrogens with two attached hydrogens (primary N) is 1. The lowest BCUT2D eigenvalue weighted by molar-refractivity contribution is -0.118. The minimum absolute atomic E-state index is 0.0838. The van der Waals surface area contributed by atoms with E-state index in [4.69, 9.17) is 5.73 Å². The van der Waals surface area contributed by atoms with E-state index < -0.39 is 0 Å². The summed E-state index contributed by atoms with van der Waals surface area (Å²) in [6.45, 7) is 5.31. The Bertz CT molecular complexity index is 816. The lowest BCUT2D eigenvalue weighted by atomic mass is 10.1. The predicted octanol–water partition coefficient (Wildman–Crippen LogP) is 4.44. The number of hydrogen-bond donors (Lipinski definition) is 2. The molecular weight excluding hydrogens is 438 g/mol. The van der Waals surface area contributed by atoms with Gasteiger partial charge in [0.05, 0.1) is 18.0 Å². The molecule has 28 heavy (non-hydrogen) atoms. The van der Waals surface area contributed by atoms with Crippen LogP contribution in [0, 0.1) is 0 Å². The lowest BCUT2D eigenvalue weighted by Gasteiger charge is -2.29. The number of nitrogens with zero attached hydrogens (tertiary/aromatic N) is 1. The third kappa shape index (κ3) is 6.65. The molecule has 0 aliphatic heterocycles. The number of carbonyl (C=O) groups is 2. The van der Waals surface area contributed by atoms with Crippen LogP contribution in [0.5, 0.6) is 0 Å². The normalized spacial score (nSPS) is 12.0. The number of amides is 2. The van der Waals surface area contributed by atoms with Gasteiger partial charge in [0.1, 0.15) is 0 Å². The topological polar surface area (TPSA) is 75.4 Å². The second-order valence-corrected chi connectivity index (χ2v) is 8.34. The highest BCUT2D eigenvalue weighted by Crippen LogP contribution is 2.29. The van der Waals surface area contributed by atoms with Crippen LogP contribution in [0.2, 0.25) is 0 Å².